The molecule has 0 unspecified atom stereocenters. The Kier molecular flexibility index (Phi) is 3.74. The molecule has 2 nitrogen and oxygen atoms in total. The fourth-order valence-corrected chi connectivity index (χ4v) is 1.02. The van der Waals surface area contributed by atoms with Crippen molar-refractivity contribution in [2.45, 2.75) is 6.54 Å². The predicted molar refractivity (Wildman–Crippen MR) is 53.1 cm³/mol. The second-order valence-electron chi connectivity index (χ2n) is 2.73. The average Bonchev–Trinajstić information content (AvgIpc) is 2.19. The Hall–Kier alpha value is -1.59. The third-order valence-electron chi connectivity index (χ3n) is 1.70. The van der Waals surface area contributed by atoms with Crippen LogP contribution < -0.4 is 5.32 Å². The first-order chi connectivity index (χ1) is 6.36. The summed E-state index contributed by atoms with van der Waals surface area (Å²) in [6, 6.07) is 9.64. The molecule has 0 aliphatic rings. The quantitative estimate of drug-likeness (QED) is 0.555. The van der Waals surface area contributed by atoms with Crippen molar-refractivity contribution >= 4 is 0 Å². The molecule has 2 heteroatoms. The third kappa shape index (κ3) is 3.10. The van der Waals surface area contributed by atoms with E-state index in [9.17, 15) is 0 Å². The zero-order valence-corrected chi connectivity index (χ0v) is 7.46. The van der Waals surface area contributed by atoms with Crippen LogP contribution in [0.2, 0.25) is 0 Å². The van der Waals surface area contributed by atoms with E-state index in [4.69, 9.17) is 5.26 Å². The molecule has 0 saturated heterocycles. The molecule has 0 aliphatic carbocycles. The van der Waals surface area contributed by atoms with Crippen LogP contribution in [0.15, 0.2) is 36.9 Å². The van der Waals surface area contributed by atoms with Gasteiger partial charge in [0.15, 0.2) is 0 Å². The van der Waals surface area contributed by atoms with Crippen molar-refractivity contribution in [1.29, 1.82) is 5.26 Å². The van der Waals surface area contributed by atoms with Crippen LogP contribution in [0, 0.1) is 11.3 Å². The number of nitriles is 1. The summed E-state index contributed by atoms with van der Waals surface area (Å²) in [6.45, 7) is 5.24. The van der Waals surface area contributed by atoms with Crippen LogP contribution in [0.1, 0.15) is 11.1 Å². The summed E-state index contributed by atoms with van der Waals surface area (Å²) in [5, 5.41) is 11.8. The van der Waals surface area contributed by atoms with Gasteiger partial charge in [-0.05, 0) is 17.7 Å². The first-order valence-corrected chi connectivity index (χ1v) is 4.17. The first-order valence-electron chi connectivity index (χ1n) is 4.17. The van der Waals surface area contributed by atoms with E-state index in [-0.39, 0.29) is 0 Å². The molecule has 0 radical (unpaired) electrons. The molecule has 0 heterocycles. The minimum Gasteiger partial charge on any atom is -0.309 e. The minimum absolute atomic E-state index is 0.701. The van der Waals surface area contributed by atoms with Gasteiger partial charge in [0.1, 0.15) is 0 Å². The summed E-state index contributed by atoms with van der Waals surface area (Å²) in [6.07, 6.45) is 1.82. The molecule has 0 aromatic heterocycles. The van der Waals surface area contributed by atoms with Crippen LogP contribution in [0.4, 0.5) is 0 Å². The third-order valence-corrected chi connectivity index (χ3v) is 1.70. The normalized spacial score (nSPS) is 9.15. The monoisotopic (exact) mass is 172 g/mol. The van der Waals surface area contributed by atoms with Crippen LogP contribution in [-0.4, -0.2) is 6.54 Å². The van der Waals surface area contributed by atoms with Crippen LogP contribution in [0.5, 0.6) is 0 Å². The van der Waals surface area contributed by atoms with Gasteiger partial charge in [-0.25, -0.2) is 0 Å². The van der Waals surface area contributed by atoms with Crippen LogP contribution in [0.3, 0.4) is 0 Å². The molecule has 0 fully saturated rings. The Morgan fingerprint density at radius 3 is 2.62 bits per heavy atom. The number of nitrogens with zero attached hydrogens (tertiary/aromatic N) is 1. The first kappa shape index (κ1) is 9.50. The maximum atomic E-state index is 8.56. The molecule has 1 aromatic carbocycles. The van der Waals surface area contributed by atoms with Gasteiger partial charge >= 0.3 is 0 Å². The van der Waals surface area contributed by atoms with Gasteiger partial charge in [-0.1, -0.05) is 18.2 Å². The van der Waals surface area contributed by atoms with Gasteiger partial charge in [-0.3, -0.25) is 0 Å². The van der Waals surface area contributed by atoms with Crippen molar-refractivity contribution in [2.24, 2.45) is 0 Å². The van der Waals surface area contributed by atoms with Gasteiger partial charge in [0.25, 0.3) is 0 Å². The smallest absolute Gasteiger partial charge is 0.0991 e. The molecular weight excluding hydrogens is 160 g/mol. The van der Waals surface area contributed by atoms with Gasteiger partial charge in [0, 0.05) is 13.1 Å². The lowest BCUT2D eigenvalue weighted by Gasteiger charge is -2.01. The molecule has 66 valence electrons. The molecule has 1 aromatic rings. The van der Waals surface area contributed by atoms with Gasteiger partial charge in [-0.2, -0.15) is 5.26 Å². The maximum Gasteiger partial charge on any atom is 0.0991 e. The molecule has 13 heavy (non-hydrogen) atoms. The lowest BCUT2D eigenvalue weighted by Crippen LogP contribution is -2.12. The van der Waals surface area contributed by atoms with E-state index in [1.807, 2.05) is 30.3 Å². The zero-order valence-electron chi connectivity index (χ0n) is 7.46. The topological polar surface area (TPSA) is 35.8 Å². The Labute approximate surface area is 78.5 Å². The number of hydrogen-bond acceptors (Lipinski definition) is 2. The minimum atomic E-state index is 0.701. The lowest BCUT2D eigenvalue weighted by molar-refractivity contribution is 0.760. The molecule has 0 bridgehead atoms. The summed E-state index contributed by atoms with van der Waals surface area (Å²) < 4.78 is 0. The second kappa shape index (κ2) is 5.13. The summed E-state index contributed by atoms with van der Waals surface area (Å²) in [5.41, 5.74) is 1.88. The van der Waals surface area contributed by atoms with E-state index >= 15 is 0 Å². The summed E-state index contributed by atoms with van der Waals surface area (Å²) in [5.74, 6) is 0. The zero-order chi connectivity index (χ0) is 9.52. The predicted octanol–water partition coefficient (Wildman–Crippen LogP) is 1.83. The van der Waals surface area contributed by atoms with Gasteiger partial charge < -0.3 is 5.32 Å². The van der Waals surface area contributed by atoms with Gasteiger partial charge in [0.05, 0.1) is 11.6 Å². The van der Waals surface area contributed by atoms with E-state index < -0.39 is 0 Å². The molecule has 0 saturated carbocycles. The largest absolute Gasteiger partial charge is 0.309 e. The van der Waals surface area contributed by atoms with Crippen molar-refractivity contribution in [3.63, 3.8) is 0 Å². The highest BCUT2D eigenvalue weighted by atomic mass is 14.8. The SMILES string of the molecule is C=CCNCc1ccc(C#N)cc1. The number of hydrogen-bond donors (Lipinski definition) is 1. The molecule has 1 rings (SSSR count). The Bertz CT molecular complexity index is 306. The highest BCUT2D eigenvalue weighted by Crippen LogP contribution is 2.02. The molecular formula is C11H12N2. The van der Waals surface area contributed by atoms with E-state index in [2.05, 4.69) is 18.0 Å². The van der Waals surface area contributed by atoms with Crippen LogP contribution >= 0.6 is 0 Å². The average molecular weight is 172 g/mol. The van der Waals surface area contributed by atoms with Crippen LogP contribution in [0.25, 0.3) is 0 Å². The van der Waals surface area contributed by atoms with E-state index in [0.717, 1.165) is 13.1 Å². The Morgan fingerprint density at radius 1 is 1.38 bits per heavy atom. The van der Waals surface area contributed by atoms with Crippen molar-refractivity contribution in [3.05, 3.63) is 48.0 Å². The summed E-state index contributed by atoms with van der Waals surface area (Å²) in [7, 11) is 0. The number of rotatable bonds is 4. The summed E-state index contributed by atoms with van der Waals surface area (Å²) >= 11 is 0. The van der Waals surface area contributed by atoms with Gasteiger partial charge in [-0.15, -0.1) is 6.58 Å². The van der Waals surface area contributed by atoms with Crippen LogP contribution in [-0.2, 0) is 6.54 Å². The van der Waals surface area contributed by atoms with Crippen molar-refractivity contribution in [1.82, 2.24) is 5.32 Å². The standard InChI is InChI=1S/C11H12N2/c1-2-7-13-9-11-5-3-10(8-12)4-6-11/h2-6,13H,1,7,9H2. The maximum absolute atomic E-state index is 8.56. The number of benzene rings is 1. The van der Waals surface area contributed by atoms with Crippen molar-refractivity contribution in [2.75, 3.05) is 6.54 Å². The fraction of sp³-hybridized carbons (Fsp3) is 0.182. The molecule has 0 amide bonds. The Morgan fingerprint density at radius 2 is 2.08 bits per heavy atom. The van der Waals surface area contributed by atoms with Crippen molar-refractivity contribution < 1.29 is 0 Å². The molecule has 0 spiro atoms. The number of nitrogens with one attached hydrogen (secondary N) is 1. The Balaban J connectivity index is 2.50. The van der Waals surface area contributed by atoms with Gasteiger partial charge in [0.2, 0.25) is 0 Å². The van der Waals surface area contributed by atoms with E-state index in [0.29, 0.717) is 5.56 Å². The summed E-state index contributed by atoms with van der Waals surface area (Å²) in [4.78, 5) is 0. The lowest BCUT2D eigenvalue weighted by atomic mass is 10.1. The van der Waals surface area contributed by atoms with E-state index in [1.165, 1.54) is 5.56 Å². The fourth-order valence-electron chi connectivity index (χ4n) is 1.02. The van der Waals surface area contributed by atoms with E-state index in [1.54, 1.807) is 0 Å². The molecule has 0 atom stereocenters. The highest BCUT2D eigenvalue weighted by molar-refractivity contribution is 5.31. The molecule has 0 aliphatic heterocycles. The molecule has 1 N–H and O–H groups in total. The van der Waals surface area contributed by atoms with Crippen molar-refractivity contribution in [3.8, 4) is 6.07 Å². The second-order valence-corrected chi connectivity index (χ2v) is 2.73. The highest BCUT2D eigenvalue weighted by Gasteiger charge is 1.91.